The zero-order valence-electron chi connectivity index (χ0n) is 76.1. The Morgan fingerprint density at radius 2 is 0.426 bits per heavy atom. The molecule has 129 heavy (non-hydrogen) atoms. The first-order valence-corrected chi connectivity index (χ1v) is 47.7. The van der Waals surface area contributed by atoms with Crippen LogP contribution in [0.2, 0.25) is 0 Å². The van der Waals surface area contributed by atoms with E-state index in [4.69, 9.17) is 122 Å². The van der Waals surface area contributed by atoms with Gasteiger partial charge in [-0.1, -0.05) is 0 Å². The minimum Gasteiger partial charge on any atom is -0.463 e. The highest BCUT2D eigenvalue weighted by Crippen LogP contribution is 2.21. The van der Waals surface area contributed by atoms with E-state index in [2.05, 4.69) is 91.7 Å². The van der Waals surface area contributed by atoms with Crippen LogP contribution in [0.5, 0.6) is 24.0 Å². The highest BCUT2D eigenvalue weighted by Gasteiger charge is 2.24. The van der Waals surface area contributed by atoms with Gasteiger partial charge in [-0.25, -0.2) is 4.79 Å². The van der Waals surface area contributed by atoms with E-state index in [-0.39, 0.29) is 56.4 Å². The summed E-state index contributed by atoms with van der Waals surface area (Å²) in [5.74, 6) is 3.83. The predicted molar refractivity (Wildman–Crippen MR) is 490 cm³/mol. The maximum Gasteiger partial charge on any atom is 0.351 e. The third-order valence-electron chi connectivity index (χ3n) is 23.2. The molecule has 8 aliphatic heterocycles. The molecule has 8 aliphatic rings. The van der Waals surface area contributed by atoms with E-state index < -0.39 is 5.69 Å². The lowest BCUT2D eigenvalue weighted by Gasteiger charge is -2.26. The van der Waals surface area contributed by atoms with E-state index >= 15 is 0 Å². The summed E-state index contributed by atoms with van der Waals surface area (Å²) in [6, 6.07) is 0.705. The number of H-pyrrole nitrogens is 1. The van der Waals surface area contributed by atoms with Gasteiger partial charge in [-0.05, 0) is 129 Å². The fourth-order valence-electron chi connectivity index (χ4n) is 15.9. The predicted octanol–water partition coefficient (Wildman–Crippen LogP) is 0.468. The fourth-order valence-corrected chi connectivity index (χ4v) is 15.9. The van der Waals surface area contributed by atoms with Crippen LogP contribution in [0.3, 0.4) is 0 Å². The number of nitrogens with zero attached hydrogens (tertiary/aromatic N) is 24. The molecular weight excluding hydrogens is 1670 g/mol. The molecule has 13 heterocycles. The van der Waals surface area contributed by atoms with Crippen molar-refractivity contribution in [2.24, 2.45) is 0 Å². The van der Waals surface area contributed by atoms with E-state index in [0.717, 1.165) is 314 Å². The highest BCUT2D eigenvalue weighted by molar-refractivity contribution is 5.41. The molecule has 0 unspecified atom stereocenters. The standard InChI is InChI=1S/C83H145N33O13/c117-79-105-77(115(29-9-49-126-80-96-69(84-13-1-21-107-33-53-118-54-34-107)92-70(97-80)85-14-2-22-108-35-55-119-56-36-108)30-10-50-127-81-98-71(86-15-3-23-109-37-57-120-58-38-109)93-72(99-81)87-16-4-24-110-39-59-121-60-40-110)104-78(106-79)116(31-11-51-128-82-100-73(88-17-5-25-111-41-61-122-62-42-111)94-74(101-82)89-18-6-26-112-43-63-123-64-44-112)32-12-52-129-83-102-75(90-19-7-27-113-45-65-124-66-46-113)95-76(103-83)91-20-8-28-114-47-67-125-68-48-114/h1-68H2,(H,104,105,106,117)(H2,84,85,92,96,97)(H2,86,87,93,98,99)(H2,88,89,94,100,101)(H2,90,91,95,102,103). The number of hydrogen-bond donors (Lipinski definition) is 9. The number of anilines is 10. The average Bonchev–Trinajstić information content (AvgIpc) is 0.773. The molecule has 46 nitrogen and oxygen atoms in total. The molecule has 0 aliphatic carbocycles. The van der Waals surface area contributed by atoms with Crippen molar-refractivity contribution in [1.82, 2.24) is 114 Å². The van der Waals surface area contributed by atoms with E-state index in [9.17, 15) is 4.79 Å². The van der Waals surface area contributed by atoms with Gasteiger partial charge in [0.25, 0.3) is 0 Å². The zero-order chi connectivity index (χ0) is 88.3. The molecule has 8 saturated heterocycles. The van der Waals surface area contributed by atoms with E-state index in [1.165, 1.54) is 0 Å². The average molecular weight is 1810 g/mol. The van der Waals surface area contributed by atoms with Gasteiger partial charge in [0, 0.05) is 183 Å². The second-order valence-corrected chi connectivity index (χ2v) is 33.0. The molecule has 5 aromatic heterocycles. The Labute approximate surface area is 758 Å². The summed E-state index contributed by atoms with van der Waals surface area (Å²) in [4.78, 5) is 108. The lowest BCUT2D eigenvalue weighted by atomic mass is 10.3. The third kappa shape index (κ3) is 38.3. The van der Waals surface area contributed by atoms with Crippen molar-refractivity contribution < 1.29 is 56.8 Å². The van der Waals surface area contributed by atoms with Gasteiger partial charge >= 0.3 is 29.7 Å². The smallest absolute Gasteiger partial charge is 0.351 e. The Balaban J connectivity index is 0.729. The van der Waals surface area contributed by atoms with Crippen molar-refractivity contribution in [3.05, 3.63) is 10.5 Å². The van der Waals surface area contributed by atoms with Crippen LogP contribution < -0.4 is 77.0 Å². The molecule has 5 aromatic rings. The lowest BCUT2D eigenvalue weighted by molar-refractivity contribution is 0.0377. The minimum absolute atomic E-state index is 0.175. The number of rotatable bonds is 62. The SMILES string of the molecule is O=c1nc(N(CCCOc2nc(NCCCN3CCOCC3)nc(NCCCN3CCOCC3)n2)CCCOc2nc(NCCCN3CCOCC3)nc(NCCCN3CCOCC3)n2)nc(N(CCCOc2nc(NCCCN3CCOCC3)nc(NCCCN3CCOCC3)n2)CCCOc2nc(NCCCN3CCOCC3)nc(NCCCN3CCOCC3)n2)[nH]1. The number of aromatic amines is 1. The third-order valence-corrected chi connectivity index (χ3v) is 23.2. The number of nitrogens with one attached hydrogen (secondary N) is 9. The van der Waals surface area contributed by atoms with Gasteiger partial charge in [0.2, 0.25) is 59.5 Å². The van der Waals surface area contributed by atoms with Crippen LogP contribution in [-0.2, 0) is 37.9 Å². The van der Waals surface area contributed by atoms with Crippen LogP contribution in [0.1, 0.15) is 77.0 Å². The van der Waals surface area contributed by atoms with Crippen molar-refractivity contribution in [2.45, 2.75) is 77.0 Å². The largest absolute Gasteiger partial charge is 0.463 e. The molecule has 0 saturated carbocycles. The Hall–Kier alpha value is -8.59. The van der Waals surface area contributed by atoms with Crippen LogP contribution in [-0.4, -0.2) is 482 Å². The summed E-state index contributed by atoms with van der Waals surface area (Å²) >= 11 is 0. The Bertz CT molecular complexity index is 3290. The summed E-state index contributed by atoms with van der Waals surface area (Å²) in [7, 11) is 0. The van der Waals surface area contributed by atoms with E-state index in [0.29, 0.717) is 158 Å². The second kappa shape index (κ2) is 58.3. The van der Waals surface area contributed by atoms with Gasteiger partial charge in [0.15, 0.2) is 0 Å². The zero-order valence-corrected chi connectivity index (χ0v) is 76.1. The van der Waals surface area contributed by atoms with Crippen molar-refractivity contribution >= 4 is 59.5 Å². The van der Waals surface area contributed by atoms with Gasteiger partial charge < -0.3 is 109 Å². The number of morpholine rings is 8. The van der Waals surface area contributed by atoms with E-state index in [1.807, 2.05) is 9.80 Å². The summed E-state index contributed by atoms with van der Waals surface area (Å²) in [6.45, 7) is 41.2. The van der Waals surface area contributed by atoms with Crippen molar-refractivity contribution in [1.29, 1.82) is 0 Å². The molecule has 720 valence electrons. The van der Waals surface area contributed by atoms with Crippen LogP contribution in [0.15, 0.2) is 4.79 Å². The highest BCUT2D eigenvalue weighted by atomic mass is 16.5. The number of ether oxygens (including phenoxy) is 12. The summed E-state index contributed by atoms with van der Waals surface area (Å²) < 4.78 is 70.8. The molecule has 8 fully saturated rings. The quantitative estimate of drug-likeness (QED) is 0.0239. The van der Waals surface area contributed by atoms with Crippen molar-refractivity contribution in [3.63, 3.8) is 0 Å². The van der Waals surface area contributed by atoms with Crippen LogP contribution in [0.4, 0.5) is 59.5 Å². The molecule has 0 radical (unpaired) electrons. The maximum absolute atomic E-state index is 14.5. The second-order valence-electron chi connectivity index (χ2n) is 33.0. The Morgan fingerprint density at radius 1 is 0.240 bits per heavy atom. The molecule has 0 bridgehead atoms. The van der Waals surface area contributed by atoms with Crippen molar-refractivity contribution in [3.8, 4) is 24.0 Å². The molecule has 9 N–H and O–H groups in total. The molecule has 0 spiro atoms. The minimum atomic E-state index is -0.592. The molecule has 0 amide bonds. The summed E-state index contributed by atoms with van der Waals surface area (Å²) in [5.41, 5.74) is -0.592. The van der Waals surface area contributed by atoms with Gasteiger partial charge in [0.1, 0.15) is 0 Å². The van der Waals surface area contributed by atoms with Crippen LogP contribution in [0.25, 0.3) is 0 Å². The fraction of sp³-hybridized carbons (Fsp3) is 0.819. The molecule has 46 heteroatoms. The Morgan fingerprint density at radius 3 is 0.620 bits per heavy atom. The number of aromatic nitrogens is 15. The Kier molecular flexibility index (Phi) is 44.3. The first-order chi connectivity index (χ1) is 63.8. The summed E-state index contributed by atoms with van der Waals surface area (Å²) in [5, 5.41) is 27.6. The molecular formula is C83H145N33O13. The molecule has 13 rings (SSSR count). The van der Waals surface area contributed by atoms with Gasteiger partial charge in [-0.2, -0.15) is 69.8 Å². The topological polar surface area (TPSA) is 453 Å². The van der Waals surface area contributed by atoms with Gasteiger partial charge in [0.05, 0.1) is 132 Å². The molecule has 0 aromatic carbocycles. The lowest BCUT2D eigenvalue weighted by Crippen LogP contribution is -2.37. The number of hydrogen-bond acceptors (Lipinski definition) is 45. The monoisotopic (exact) mass is 1810 g/mol. The maximum atomic E-state index is 14.5. The normalized spacial score (nSPS) is 18.2. The molecule has 0 atom stereocenters. The van der Waals surface area contributed by atoms with Crippen LogP contribution in [0, 0.1) is 0 Å². The van der Waals surface area contributed by atoms with Crippen molar-refractivity contribution in [2.75, 3.05) is 420 Å². The summed E-state index contributed by atoms with van der Waals surface area (Å²) in [6.07, 6.45) is 8.88. The van der Waals surface area contributed by atoms with E-state index in [1.54, 1.807) is 0 Å². The van der Waals surface area contributed by atoms with Gasteiger partial charge in [-0.3, -0.25) is 44.2 Å². The van der Waals surface area contributed by atoms with Crippen LogP contribution >= 0.6 is 0 Å². The first kappa shape index (κ1) is 97.9. The first-order valence-electron chi connectivity index (χ1n) is 47.7. The van der Waals surface area contributed by atoms with Gasteiger partial charge in [-0.15, -0.1) is 0 Å².